The maximum atomic E-state index is 13.0. The minimum atomic E-state index is -4.45. The molecule has 0 bridgehead atoms. The molecule has 1 aliphatic rings. The summed E-state index contributed by atoms with van der Waals surface area (Å²) in [5, 5.41) is 0. The SMILES string of the molecule is COC(c1cncc(N2CCc3ccccc3C2)c1)C(F)(F)F. The number of nitrogens with zero attached hydrogens (tertiary/aromatic N) is 2. The van der Waals surface area contributed by atoms with Gasteiger partial charge in [-0.3, -0.25) is 4.98 Å². The number of hydrogen-bond donors (Lipinski definition) is 0. The monoisotopic (exact) mass is 322 g/mol. The molecule has 122 valence electrons. The van der Waals surface area contributed by atoms with E-state index in [4.69, 9.17) is 0 Å². The van der Waals surface area contributed by atoms with Crippen LogP contribution in [0.25, 0.3) is 0 Å². The van der Waals surface area contributed by atoms with E-state index in [2.05, 4.69) is 15.8 Å². The zero-order chi connectivity index (χ0) is 16.4. The van der Waals surface area contributed by atoms with Crippen LogP contribution in [-0.2, 0) is 17.7 Å². The van der Waals surface area contributed by atoms with Gasteiger partial charge in [-0.2, -0.15) is 13.2 Å². The molecule has 23 heavy (non-hydrogen) atoms. The summed E-state index contributed by atoms with van der Waals surface area (Å²) in [7, 11) is 1.06. The zero-order valence-corrected chi connectivity index (χ0v) is 12.7. The molecule has 0 saturated carbocycles. The highest BCUT2D eigenvalue weighted by Gasteiger charge is 2.41. The predicted molar refractivity (Wildman–Crippen MR) is 81.2 cm³/mol. The van der Waals surface area contributed by atoms with Crippen molar-refractivity contribution in [2.45, 2.75) is 25.2 Å². The summed E-state index contributed by atoms with van der Waals surface area (Å²) in [6.07, 6.45) is -2.73. The molecule has 1 aromatic heterocycles. The van der Waals surface area contributed by atoms with E-state index in [9.17, 15) is 13.2 Å². The van der Waals surface area contributed by atoms with Crippen molar-refractivity contribution in [1.82, 2.24) is 4.98 Å². The fourth-order valence-corrected chi connectivity index (χ4v) is 2.94. The Bertz CT molecular complexity index is 688. The lowest BCUT2D eigenvalue weighted by molar-refractivity contribution is -0.216. The highest BCUT2D eigenvalue weighted by atomic mass is 19.4. The summed E-state index contributed by atoms with van der Waals surface area (Å²) in [4.78, 5) is 6.02. The minimum Gasteiger partial charge on any atom is -0.367 e. The van der Waals surface area contributed by atoms with Crippen LogP contribution in [0.4, 0.5) is 18.9 Å². The van der Waals surface area contributed by atoms with Crippen LogP contribution in [0.2, 0.25) is 0 Å². The zero-order valence-electron chi connectivity index (χ0n) is 12.7. The first kappa shape index (κ1) is 15.8. The van der Waals surface area contributed by atoms with Crippen molar-refractivity contribution in [1.29, 1.82) is 0 Å². The Labute approximate surface area is 132 Å². The molecule has 0 spiro atoms. The average Bonchev–Trinajstić information content (AvgIpc) is 2.54. The number of rotatable bonds is 3. The number of aromatic nitrogens is 1. The highest BCUT2D eigenvalue weighted by Crippen LogP contribution is 2.36. The maximum Gasteiger partial charge on any atom is 0.418 e. The molecule has 2 aromatic rings. The van der Waals surface area contributed by atoms with E-state index in [-0.39, 0.29) is 5.56 Å². The number of methoxy groups -OCH3 is 1. The molecule has 0 N–H and O–H groups in total. The molecule has 3 rings (SSSR count). The first-order valence-corrected chi connectivity index (χ1v) is 7.35. The number of fused-ring (bicyclic) bond motifs is 1. The van der Waals surface area contributed by atoms with Gasteiger partial charge in [0.1, 0.15) is 0 Å². The molecule has 2 heterocycles. The van der Waals surface area contributed by atoms with Gasteiger partial charge in [-0.25, -0.2) is 0 Å². The molecule has 1 atom stereocenters. The van der Waals surface area contributed by atoms with E-state index in [0.29, 0.717) is 12.2 Å². The van der Waals surface area contributed by atoms with E-state index >= 15 is 0 Å². The van der Waals surface area contributed by atoms with E-state index in [1.54, 1.807) is 6.20 Å². The second-order valence-corrected chi connectivity index (χ2v) is 5.57. The summed E-state index contributed by atoms with van der Waals surface area (Å²) in [5.41, 5.74) is 3.20. The number of anilines is 1. The van der Waals surface area contributed by atoms with Gasteiger partial charge in [-0.15, -0.1) is 0 Å². The molecule has 0 amide bonds. The number of alkyl halides is 3. The molecular weight excluding hydrogens is 305 g/mol. The van der Waals surface area contributed by atoms with Gasteiger partial charge in [-0.05, 0) is 23.6 Å². The van der Waals surface area contributed by atoms with Crippen LogP contribution in [0.3, 0.4) is 0 Å². The Balaban J connectivity index is 1.86. The summed E-state index contributed by atoms with van der Waals surface area (Å²) in [5.74, 6) is 0. The second kappa shape index (κ2) is 6.20. The summed E-state index contributed by atoms with van der Waals surface area (Å²) in [6, 6.07) is 9.63. The lowest BCUT2D eigenvalue weighted by atomic mass is 9.99. The normalized spacial score (nSPS) is 16.1. The number of hydrogen-bond acceptors (Lipinski definition) is 3. The number of halogens is 3. The Morgan fingerprint density at radius 1 is 1.17 bits per heavy atom. The highest BCUT2D eigenvalue weighted by molar-refractivity contribution is 5.50. The molecule has 0 aliphatic carbocycles. The molecule has 1 aliphatic heterocycles. The van der Waals surface area contributed by atoms with Crippen molar-refractivity contribution in [3.05, 3.63) is 59.4 Å². The van der Waals surface area contributed by atoms with Crippen LogP contribution in [-0.4, -0.2) is 24.8 Å². The van der Waals surface area contributed by atoms with Gasteiger partial charge in [0, 0.05) is 32.0 Å². The van der Waals surface area contributed by atoms with Crippen LogP contribution in [0.1, 0.15) is 22.8 Å². The molecule has 1 unspecified atom stereocenters. The third kappa shape index (κ3) is 3.32. The minimum absolute atomic E-state index is 0.0244. The Morgan fingerprint density at radius 3 is 2.61 bits per heavy atom. The van der Waals surface area contributed by atoms with Gasteiger partial charge < -0.3 is 9.64 Å². The van der Waals surface area contributed by atoms with Crippen molar-refractivity contribution in [2.75, 3.05) is 18.6 Å². The Morgan fingerprint density at radius 2 is 1.91 bits per heavy atom. The van der Waals surface area contributed by atoms with Gasteiger partial charge in [0.15, 0.2) is 6.10 Å². The van der Waals surface area contributed by atoms with Gasteiger partial charge in [-0.1, -0.05) is 24.3 Å². The molecule has 0 saturated heterocycles. The van der Waals surface area contributed by atoms with Crippen molar-refractivity contribution in [3.8, 4) is 0 Å². The molecule has 0 radical (unpaired) electrons. The van der Waals surface area contributed by atoms with Crippen LogP contribution < -0.4 is 4.90 Å². The van der Waals surface area contributed by atoms with E-state index in [1.165, 1.54) is 23.4 Å². The number of pyridine rings is 1. The Hall–Kier alpha value is -2.08. The fourth-order valence-electron chi connectivity index (χ4n) is 2.94. The first-order chi connectivity index (χ1) is 11.0. The smallest absolute Gasteiger partial charge is 0.367 e. The van der Waals surface area contributed by atoms with Crippen LogP contribution in [0.5, 0.6) is 0 Å². The van der Waals surface area contributed by atoms with Crippen LogP contribution >= 0.6 is 0 Å². The van der Waals surface area contributed by atoms with E-state index < -0.39 is 12.3 Å². The quantitative estimate of drug-likeness (QED) is 0.857. The second-order valence-electron chi connectivity index (χ2n) is 5.57. The van der Waals surface area contributed by atoms with Crippen LogP contribution in [0, 0.1) is 0 Å². The lowest BCUT2D eigenvalue weighted by Gasteiger charge is -2.31. The first-order valence-electron chi connectivity index (χ1n) is 7.35. The molecular formula is C17H17F3N2O. The standard InChI is InChI=1S/C17H17F3N2O/c1-23-16(17(18,19)20)14-8-15(10-21-9-14)22-7-6-12-4-2-3-5-13(12)11-22/h2-5,8-10,16H,6-7,11H2,1H3. The van der Waals surface area contributed by atoms with Gasteiger partial charge in [0.2, 0.25) is 0 Å². The third-order valence-electron chi connectivity index (χ3n) is 4.08. The predicted octanol–water partition coefficient (Wildman–Crippen LogP) is 3.89. The Kier molecular flexibility index (Phi) is 4.26. The summed E-state index contributed by atoms with van der Waals surface area (Å²) < 4.78 is 43.6. The number of ether oxygens (including phenoxy) is 1. The summed E-state index contributed by atoms with van der Waals surface area (Å²) in [6.45, 7) is 1.43. The van der Waals surface area contributed by atoms with Crippen molar-refractivity contribution < 1.29 is 17.9 Å². The molecule has 0 fully saturated rings. The van der Waals surface area contributed by atoms with Crippen molar-refractivity contribution in [3.63, 3.8) is 0 Å². The maximum absolute atomic E-state index is 13.0. The van der Waals surface area contributed by atoms with Gasteiger partial charge in [0.05, 0.1) is 11.9 Å². The van der Waals surface area contributed by atoms with Crippen LogP contribution in [0.15, 0.2) is 42.7 Å². The molecule has 6 heteroatoms. The van der Waals surface area contributed by atoms with Gasteiger partial charge in [0.25, 0.3) is 0 Å². The van der Waals surface area contributed by atoms with Crippen molar-refractivity contribution in [2.24, 2.45) is 0 Å². The fraction of sp³-hybridized carbons (Fsp3) is 0.353. The topological polar surface area (TPSA) is 25.4 Å². The number of benzene rings is 1. The lowest BCUT2D eigenvalue weighted by Crippen LogP contribution is -2.30. The molecule has 1 aromatic carbocycles. The van der Waals surface area contributed by atoms with E-state index in [1.807, 2.05) is 23.1 Å². The molecule has 3 nitrogen and oxygen atoms in total. The third-order valence-corrected chi connectivity index (χ3v) is 4.08. The van der Waals surface area contributed by atoms with Crippen molar-refractivity contribution >= 4 is 5.69 Å². The average molecular weight is 322 g/mol. The van der Waals surface area contributed by atoms with Gasteiger partial charge >= 0.3 is 6.18 Å². The summed E-state index contributed by atoms with van der Waals surface area (Å²) >= 11 is 0. The van der Waals surface area contributed by atoms with E-state index in [0.717, 1.165) is 20.1 Å². The largest absolute Gasteiger partial charge is 0.418 e.